The van der Waals surface area contributed by atoms with Crippen molar-refractivity contribution in [2.75, 3.05) is 13.1 Å². The van der Waals surface area contributed by atoms with E-state index in [0.717, 1.165) is 62.1 Å². The van der Waals surface area contributed by atoms with Crippen molar-refractivity contribution in [1.29, 1.82) is 0 Å². The van der Waals surface area contributed by atoms with Crippen LogP contribution in [0.5, 0.6) is 11.5 Å². The largest absolute Gasteiger partial charge is 0.508 e. The van der Waals surface area contributed by atoms with Crippen LogP contribution in [0.15, 0.2) is 23.8 Å². The van der Waals surface area contributed by atoms with Gasteiger partial charge in [-0.25, -0.2) is 5.01 Å². The summed E-state index contributed by atoms with van der Waals surface area (Å²) >= 11 is 0. The molecule has 0 aromatic heterocycles. The first-order valence-corrected chi connectivity index (χ1v) is 12.8. The zero-order chi connectivity index (χ0) is 23.8. The van der Waals surface area contributed by atoms with E-state index in [0.29, 0.717) is 24.0 Å². The molecule has 2 atom stereocenters. The van der Waals surface area contributed by atoms with Crippen LogP contribution in [0.2, 0.25) is 0 Å². The second-order valence-corrected chi connectivity index (χ2v) is 11.6. The fourth-order valence-corrected chi connectivity index (χ4v) is 6.01. The maximum absolute atomic E-state index is 12.2. The molecule has 182 valence electrons. The Bertz CT molecular complexity index is 912. The highest BCUT2D eigenvalue weighted by Gasteiger charge is 2.46. The standard InChI is InChI=1S/C28H42N2O3/c1-19-11-12-22-21(16-19)26-23(31)17-20(18-24(26)33-28(22,4)5)27(2,3)13-7-6-10-25(32)29-30-14-8-9-15-30/h11,17-18,21-22,31H,6-10,12-16H2,1-5H3,(H,29,32)/t21-,22-/m1/s1. The number of unbranched alkanes of at least 4 members (excludes halogenated alkanes) is 1. The lowest BCUT2D eigenvalue weighted by molar-refractivity contribution is -0.125. The molecule has 33 heavy (non-hydrogen) atoms. The summed E-state index contributed by atoms with van der Waals surface area (Å²) in [4.78, 5) is 12.2. The van der Waals surface area contributed by atoms with Gasteiger partial charge in [-0.2, -0.15) is 0 Å². The molecule has 1 saturated heterocycles. The molecule has 5 nitrogen and oxygen atoms in total. The quantitative estimate of drug-likeness (QED) is 0.394. The minimum atomic E-state index is -0.257. The lowest BCUT2D eigenvalue weighted by Gasteiger charge is -2.47. The molecule has 1 amide bonds. The Hall–Kier alpha value is -2.01. The Morgan fingerprint density at radius 2 is 1.97 bits per heavy atom. The normalized spacial score (nSPS) is 24.5. The first-order valence-electron chi connectivity index (χ1n) is 12.8. The minimum absolute atomic E-state index is 0.106. The van der Waals surface area contributed by atoms with Crippen LogP contribution in [0.4, 0.5) is 0 Å². The van der Waals surface area contributed by atoms with E-state index >= 15 is 0 Å². The fourth-order valence-electron chi connectivity index (χ4n) is 6.01. The summed E-state index contributed by atoms with van der Waals surface area (Å²) in [5.74, 6) is 2.04. The zero-order valence-corrected chi connectivity index (χ0v) is 21.2. The monoisotopic (exact) mass is 454 g/mol. The van der Waals surface area contributed by atoms with Gasteiger partial charge in [-0.05, 0) is 82.4 Å². The van der Waals surface area contributed by atoms with Crippen molar-refractivity contribution >= 4 is 5.91 Å². The Kier molecular flexibility index (Phi) is 6.82. The van der Waals surface area contributed by atoms with Crippen LogP contribution in [-0.2, 0) is 10.2 Å². The molecular weight excluding hydrogens is 412 g/mol. The molecule has 1 aromatic rings. The molecule has 1 aliphatic carbocycles. The van der Waals surface area contributed by atoms with Crippen molar-refractivity contribution < 1.29 is 14.6 Å². The number of carbonyl (C=O) groups excluding carboxylic acids is 1. The van der Waals surface area contributed by atoms with Crippen LogP contribution in [-0.4, -0.2) is 34.7 Å². The number of hydrazine groups is 1. The number of fused-ring (bicyclic) bond motifs is 3. The Balaban J connectivity index is 1.42. The predicted octanol–water partition coefficient (Wildman–Crippen LogP) is 5.97. The molecule has 1 aromatic carbocycles. The molecule has 0 radical (unpaired) electrons. The highest BCUT2D eigenvalue weighted by molar-refractivity contribution is 5.75. The molecule has 0 saturated carbocycles. The smallest absolute Gasteiger partial charge is 0.234 e. The molecule has 2 N–H and O–H groups in total. The van der Waals surface area contributed by atoms with Crippen LogP contribution in [0.25, 0.3) is 0 Å². The first-order chi connectivity index (χ1) is 15.6. The molecule has 1 fully saturated rings. The maximum atomic E-state index is 12.2. The minimum Gasteiger partial charge on any atom is -0.508 e. The summed E-state index contributed by atoms with van der Waals surface area (Å²) in [6.07, 6.45) is 10.0. The molecular formula is C28H42N2O3. The number of ether oxygens (including phenoxy) is 1. The van der Waals surface area contributed by atoms with Gasteiger partial charge < -0.3 is 9.84 Å². The van der Waals surface area contributed by atoms with Gasteiger partial charge in [-0.3, -0.25) is 10.2 Å². The van der Waals surface area contributed by atoms with Gasteiger partial charge in [-0.15, -0.1) is 0 Å². The molecule has 0 bridgehead atoms. The number of nitrogens with zero attached hydrogens (tertiary/aromatic N) is 1. The number of aromatic hydroxyl groups is 1. The van der Waals surface area contributed by atoms with Gasteiger partial charge in [0.05, 0.1) is 0 Å². The molecule has 2 aliphatic heterocycles. The number of hydrogen-bond acceptors (Lipinski definition) is 4. The van der Waals surface area contributed by atoms with Gasteiger partial charge in [0.1, 0.15) is 17.1 Å². The van der Waals surface area contributed by atoms with Crippen molar-refractivity contribution in [2.24, 2.45) is 5.92 Å². The van der Waals surface area contributed by atoms with Gasteiger partial charge in [0.25, 0.3) is 0 Å². The van der Waals surface area contributed by atoms with Crippen molar-refractivity contribution in [2.45, 2.75) is 103 Å². The fraction of sp³-hybridized carbons (Fsp3) is 0.679. The molecule has 0 spiro atoms. The second-order valence-electron chi connectivity index (χ2n) is 11.6. The van der Waals surface area contributed by atoms with E-state index in [1.807, 2.05) is 11.1 Å². The van der Waals surface area contributed by atoms with E-state index in [2.05, 4.69) is 52.2 Å². The lowest BCUT2D eigenvalue weighted by atomic mass is 9.66. The highest BCUT2D eigenvalue weighted by Crippen LogP contribution is 2.54. The lowest BCUT2D eigenvalue weighted by Crippen LogP contribution is -2.45. The van der Waals surface area contributed by atoms with Gasteiger partial charge in [0, 0.05) is 36.9 Å². The number of allylic oxidation sites excluding steroid dienone is 2. The van der Waals surface area contributed by atoms with Crippen molar-refractivity contribution in [3.8, 4) is 11.5 Å². The van der Waals surface area contributed by atoms with Gasteiger partial charge in [0.15, 0.2) is 0 Å². The zero-order valence-electron chi connectivity index (χ0n) is 21.2. The van der Waals surface area contributed by atoms with E-state index < -0.39 is 0 Å². The van der Waals surface area contributed by atoms with Crippen LogP contribution < -0.4 is 10.2 Å². The number of carbonyl (C=O) groups is 1. The van der Waals surface area contributed by atoms with Gasteiger partial charge in [-0.1, -0.05) is 31.9 Å². The number of phenolic OH excluding ortho intramolecular Hbond substituents is 1. The van der Waals surface area contributed by atoms with Gasteiger partial charge in [0.2, 0.25) is 5.91 Å². The molecule has 2 heterocycles. The molecule has 5 heteroatoms. The summed E-state index contributed by atoms with van der Waals surface area (Å²) in [6.45, 7) is 13.0. The topological polar surface area (TPSA) is 61.8 Å². The van der Waals surface area contributed by atoms with E-state index in [4.69, 9.17) is 4.74 Å². The number of rotatable bonds is 7. The Morgan fingerprint density at radius 1 is 1.24 bits per heavy atom. The highest BCUT2D eigenvalue weighted by atomic mass is 16.5. The summed E-state index contributed by atoms with van der Waals surface area (Å²) in [6, 6.07) is 4.13. The third-order valence-corrected chi connectivity index (χ3v) is 8.13. The predicted molar refractivity (Wildman–Crippen MR) is 132 cm³/mol. The third-order valence-electron chi connectivity index (χ3n) is 8.13. The van der Waals surface area contributed by atoms with Crippen molar-refractivity contribution in [3.05, 3.63) is 34.9 Å². The SMILES string of the molecule is CC1=CC[C@@H]2[C@@H](C1)c1c(O)cc(C(C)(C)CCCCC(=O)NN3CCCC3)cc1OC2(C)C. The van der Waals surface area contributed by atoms with Gasteiger partial charge >= 0.3 is 0 Å². The van der Waals surface area contributed by atoms with E-state index in [1.54, 1.807) is 0 Å². The average molecular weight is 455 g/mol. The average Bonchev–Trinajstić information content (AvgIpc) is 3.23. The second kappa shape index (κ2) is 9.32. The number of benzene rings is 1. The van der Waals surface area contributed by atoms with E-state index in [1.165, 1.54) is 18.4 Å². The summed E-state index contributed by atoms with van der Waals surface area (Å²) in [7, 11) is 0. The molecule has 4 rings (SSSR count). The number of hydrogen-bond donors (Lipinski definition) is 2. The van der Waals surface area contributed by atoms with Crippen LogP contribution in [0.1, 0.15) is 103 Å². The summed E-state index contributed by atoms with van der Waals surface area (Å²) < 4.78 is 6.51. The molecule has 0 unspecified atom stereocenters. The van der Waals surface area contributed by atoms with E-state index in [9.17, 15) is 9.90 Å². The van der Waals surface area contributed by atoms with Crippen LogP contribution in [0.3, 0.4) is 0 Å². The Morgan fingerprint density at radius 3 is 2.70 bits per heavy atom. The number of phenols is 1. The van der Waals surface area contributed by atoms with Crippen LogP contribution in [0, 0.1) is 5.92 Å². The maximum Gasteiger partial charge on any atom is 0.234 e. The van der Waals surface area contributed by atoms with Crippen molar-refractivity contribution in [3.63, 3.8) is 0 Å². The number of nitrogens with one attached hydrogen (secondary N) is 1. The first kappa shape index (κ1) is 24.1. The summed E-state index contributed by atoms with van der Waals surface area (Å²) in [5, 5.41) is 13.2. The third kappa shape index (κ3) is 5.24. The molecule has 3 aliphatic rings. The van der Waals surface area contributed by atoms with Crippen LogP contribution >= 0.6 is 0 Å². The Labute approximate surface area is 199 Å². The van der Waals surface area contributed by atoms with Crippen molar-refractivity contribution in [1.82, 2.24) is 10.4 Å². The van der Waals surface area contributed by atoms with E-state index in [-0.39, 0.29) is 16.9 Å². The number of amides is 1. The summed E-state index contributed by atoms with van der Waals surface area (Å²) in [5.41, 5.74) is 6.16.